The molecule has 3 nitrogen and oxygen atoms in total. The molecule has 0 spiro atoms. The van der Waals surface area contributed by atoms with Gasteiger partial charge in [-0.1, -0.05) is 36.8 Å². The van der Waals surface area contributed by atoms with Crippen molar-refractivity contribution in [1.82, 2.24) is 9.59 Å². The van der Waals surface area contributed by atoms with Crippen molar-refractivity contribution in [2.45, 2.75) is 64.4 Å². The van der Waals surface area contributed by atoms with Crippen LogP contribution in [-0.4, -0.2) is 14.7 Å². The fraction of sp³-hybridized carbons (Fsp3) is 0.714. The molecule has 0 fully saturated rings. The Morgan fingerprint density at radius 1 is 1.33 bits per heavy atom. The van der Waals surface area contributed by atoms with E-state index in [9.17, 15) is 5.11 Å². The molecule has 1 aromatic rings. The fourth-order valence-corrected chi connectivity index (χ4v) is 3.19. The molecular weight excluding hydrogens is 244 g/mol. The summed E-state index contributed by atoms with van der Waals surface area (Å²) in [5, 5.41) is 14.7. The predicted molar refractivity (Wildman–Crippen MR) is 74.6 cm³/mol. The number of aliphatic hydroxyl groups is 1. The van der Waals surface area contributed by atoms with E-state index >= 15 is 0 Å². The summed E-state index contributed by atoms with van der Waals surface area (Å²) in [6.45, 7) is 2.13. The first-order valence-electron chi connectivity index (χ1n) is 7.01. The first kappa shape index (κ1) is 13.7. The number of hydrogen-bond donors (Lipinski definition) is 1. The van der Waals surface area contributed by atoms with Gasteiger partial charge in [0.15, 0.2) is 0 Å². The van der Waals surface area contributed by atoms with Crippen molar-refractivity contribution in [2.75, 3.05) is 0 Å². The van der Waals surface area contributed by atoms with Crippen molar-refractivity contribution in [3.05, 3.63) is 22.2 Å². The average molecular weight is 266 g/mol. The van der Waals surface area contributed by atoms with Crippen LogP contribution >= 0.6 is 11.5 Å². The molecule has 1 N–H and O–H groups in total. The molecule has 100 valence electrons. The van der Waals surface area contributed by atoms with Crippen LogP contribution in [0.2, 0.25) is 0 Å². The lowest BCUT2D eigenvalue weighted by molar-refractivity contribution is 0.211. The van der Waals surface area contributed by atoms with Crippen LogP contribution in [0.15, 0.2) is 11.6 Å². The summed E-state index contributed by atoms with van der Waals surface area (Å²) in [4.78, 5) is 0.962. The SMILES string of the molecule is CCCc1nnsc1C(O)C1=CCCCCCC1. The molecule has 0 saturated heterocycles. The Hall–Kier alpha value is -0.740. The summed E-state index contributed by atoms with van der Waals surface area (Å²) in [5.41, 5.74) is 2.16. The highest BCUT2D eigenvalue weighted by molar-refractivity contribution is 7.05. The lowest BCUT2D eigenvalue weighted by Gasteiger charge is -2.16. The number of rotatable bonds is 4. The third-order valence-corrected chi connectivity index (χ3v) is 4.32. The minimum absolute atomic E-state index is 0.468. The van der Waals surface area contributed by atoms with Gasteiger partial charge in [-0.15, -0.1) is 5.10 Å². The molecule has 0 bridgehead atoms. The molecule has 0 aliphatic heterocycles. The summed E-state index contributed by atoms with van der Waals surface area (Å²) in [6, 6.07) is 0. The van der Waals surface area contributed by atoms with E-state index in [0.29, 0.717) is 0 Å². The summed E-state index contributed by atoms with van der Waals surface area (Å²) in [6.07, 6.45) is 10.9. The Morgan fingerprint density at radius 2 is 2.17 bits per heavy atom. The zero-order valence-electron chi connectivity index (χ0n) is 11.1. The second-order valence-corrected chi connectivity index (χ2v) is 5.75. The van der Waals surface area contributed by atoms with Crippen LogP contribution in [0.3, 0.4) is 0 Å². The minimum Gasteiger partial charge on any atom is -0.383 e. The van der Waals surface area contributed by atoms with E-state index in [1.807, 2.05) is 0 Å². The van der Waals surface area contributed by atoms with Gasteiger partial charge in [0.1, 0.15) is 6.10 Å². The van der Waals surface area contributed by atoms with Crippen LogP contribution in [-0.2, 0) is 6.42 Å². The molecule has 0 radical (unpaired) electrons. The zero-order valence-corrected chi connectivity index (χ0v) is 11.9. The lowest BCUT2D eigenvalue weighted by Crippen LogP contribution is -2.04. The van der Waals surface area contributed by atoms with Crippen molar-refractivity contribution in [2.24, 2.45) is 0 Å². The molecule has 0 amide bonds. The average Bonchev–Trinajstić information content (AvgIpc) is 2.76. The van der Waals surface area contributed by atoms with Crippen molar-refractivity contribution >= 4 is 11.5 Å². The third-order valence-electron chi connectivity index (χ3n) is 3.50. The zero-order chi connectivity index (χ0) is 12.8. The standard InChI is InChI=1S/C14H22N2OS/c1-2-8-12-14(18-16-15-12)13(17)11-9-6-4-3-5-7-10-11/h9,13,17H,2-8,10H2,1H3. The first-order chi connectivity index (χ1) is 8.83. The van der Waals surface area contributed by atoms with Crippen LogP contribution in [0.25, 0.3) is 0 Å². The molecule has 1 atom stereocenters. The van der Waals surface area contributed by atoms with E-state index < -0.39 is 6.10 Å². The summed E-state index contributed by atoms with van der Waals surface area (Å²) < 4.78 is 4.00. The largest absolute Gasteiger partial charge is 0.383 e. The molecular formula is C14H22N2OS. The Morgan fingerprint density at radius 3 is 3.00 bits per heavy atom. The van der Waals surface area contributed by atoms with Gasteiger partial charge in [0.05, 0.1) is 10.6 Å². The summed E-state index contributed by atoms with van der Waals surface area (Å²) in [7, 11) is 0. The van der Waals surface area contributed by atoms with Gasteiger partial charge in [0, 0.05) is 0 Å². The first-order valence-corrected chi connectivity index (χ1v) is 7.78. The monoisotopic (exact) mass is 266 g/mol. The molecule has 2 rings (SSSR count). The molecule has 1 aromatic heterocycles. The van der Waals surface area contributed by atoms with Crippen LogP contribution in [0.4, 0.5) is 0 Å². The number of aryl methyl sites for hydroxylation is 1. The van der Waals surface area contributed by atoms with Gasteiger partial charge >= 0.3 is 0 Å². The van der Waals surface area contributed by atoms with E-state index in [2.05, 4.69) is 22.6 Å². The van der Waals surface area contributed by atoms with Crippen molar-refractivity contribution in [3.63, 3.8) is 0 Å². The maximum atomic E-state index is 10.5. The van der Waals surface area contributed by atoms with E-state index in [4.69, 9.17) is 0 Å². The number of nitrogens with zero attached hydrogens (tertiary/aromatic N) is 2. The predicted octanol–water partition coefficient (Wildman–Crippen LogP) is 3.80. The maximum Gasteiger partial charge on any atom is 0.113 e. The van der Waals surface area contributed by atoms with Gasteiger partial charge in [-0.2, -0.15) is 0 Å². The molecule has 1 heterocycles. The summed E-state index contributed by atoms with van der Waals surface area (Å²) >= 11 is 1.35. The maximum absolute atomic E-state index is 10.5. The molecule has 1 aliphatic carbocycles. The minimum atomic E-state index is -0.468. The molecule has 4 heteroatoms. The van der Waals surface area contributed by atoms with E-state index in [0.717, 1.165) is 36.3 Å². The quantitative estimate of drug-likeness (QED) is 0.843. The lowest BCUT2D eigenvalue weighted by atomic mass is 9.95. The fourth-order valence-electron chi connectivity index (χ4n) is 2.47. The van der Waals surface area contributed by atoms with Gasteiger partial charge in [0.25, 0.3) is 0 Å². The second-order valence-electron chi connectivity index (χ2n) is 4.97. The van der Waals surface area contributed by atoms with E-state index in [-0.39, 0.29) is 0 Å². The third kappa shape index (κ3) is 3.39. The van der Waals surface area contributed by atoms with Crippen molar-refractivity contribution in [3.8, 4) is 0 Å². The van der Waals surface area contributed by atoms with Gasteiger partial charge in [-0.05, 0) is 49.2 Å². The van der Waals surface area contributed by atoms with Gasteiger partial charge in [0.2, 0.25) is 0 Å². The van der Waals surface area contributed by atoms with Crippen LogP contribution in [0.1, 0.15) is 68.5 Å². The molecule has 1 unspecified atom stereocenters. The molecule has 1 aliphatic rings. The number of aliphatic hydroxyl groups excluding tert-OH is 1. The Balaban J connectivity index is 2.12. The van der Waals surface area contributed by atoms with E-state index in [1.54, 1.807) is 0 Å². The van der Waals surface area contributed by atoms with Crippen LogP contribution in [0, 0.1) is 0 Å². The Bertz CT molecular complexity index is 400. The van der Waals surface area contributed by atoms with Crippen molar-refractivity contribution in [1.29, 1.82) is 0 Å². The molecule has 0 saturated carbocycles. The van der Waals surface area contributed by atoms with Crippen LogP contribution in [0.5, 0.6) is 0 Å². The topological polar surface area (TPSA) is 46.0 Å². The van der Waals surface area contributed by atoms with Gasteiger partial charge < -0.3 is 5.11 Å². The van der Waals surface area contributed by atoms with E-state index in [1.165, 1.54) is 42.8 Å². The Kier molecular flexibility index (Phi) is 5.32. The molecule has 18 heavy (non-hydrogen) atoms. The van der Waals surface area contributed by atoms with Crippen LogP contribution < -0.4 is 0 Å². The van der Waals surface area contributed by atoms with Gasteiger partial charge in [-0.25, -0.2) is 0 Å². The number of allylic oxidation sites excluding steroid dienone is 1. The molecule has 0 aromatic carbocycles. The normalized spacial score (nSPS) is 18.9. The van der Waals surface area contributed by atoms with Gasteiger partial charge in [-0.3, -0.25) is 0 Å². The van der Waals surface area contributed by atoms with Crippen molar-refractivity contribution < 1.29 is 5.11 Å². The highest BCUT2D eigenvalue weighted by Gasteiger charge is 2.20. The summed E-state index contributed by atoms with van der Waals surface area (Å²) in [5.74, 6) is 0. The highest BCUT2D eigenvalue weighted by atomic mass is 32.1. The number of aromatic nitrogens is 2. The Labute approximate surface area is 113 Å². The number of hydrogen-bond acceptors (Lipinski definition) is 4. The second kappa shape index (κ2) is 7.00. The smallest absolute Gasteiger partial charge is 0.113 e. The highest BCUT2D eigenvalue weighted by Crippen LogP contribution is 2.32.